The van der Waals surface area contributed by atoms with E-state index in [0.717, 1.165) is 12.1 Å². The average Bonchev–Trinajstić information content (AvgIpc) is 2.50. The van der Waals surface area contributed by atoms with E-state index in [1.165, 1.54) is 18.2 Å². The Morgan fingerprint density at radius 1 is 0.920 bits per heavy atom. The number of halogens is 5. The van der Waals surface area contributed by atoms with Gasteiger partial charge in [-0.15, -0.1) is 0 Å². The molecule has 0 aromatic heterocycles. The maximum absolute atomic E-state index is 13.0. The van der Waals surface area contributed by atoms with Crippen molar-refractivity contribution in [1.29, 1.82) is 0 Å². The Balaban J connectivity index is 2.18. The fourth-order valence-electron chi connectivity index (χ4n) is 1.85. The molecular weight excluding hydrogens is 382 g/mol. The van der Waals surface area contributed by atoms with E-state index in [0.29, 0.717) is 11.8 Å². The van der Waals surface area contributed by atoms with Crippen molar-refractivity contribution in [2.45, 2.75) is 6.18 Å². The third-order valence-corrected chi connectivity index (χ3v) is 3.53. The van der Waals surface area contributed by atoms with Gasteiger partial charge in [-0.3, -0.25) is 9.59 Å². The zero-order valence-electron chi connectivity index (χ0n) is 12.2. The summed E-state index contributed by atoms with van der Waals surface area (Å²) in [7, 11) is 0. The first kappa shape index (κ1) is 18.9. The van der Waals surface area contributed by atoms with E-state index in [1.54, 1.807) is 0 Å². The topological polar surface area (TPSA) is 84.2 Å². The highest BCUT2D eigenvalue weighted by molar-refractivity contribution is 6.45. The zero-order valence-corrected chi connectivity index (χ0v) is 13.8. The maximum atomic E-state index is 13.0. The fraction of sp³-hybridized carbons (Fsp3) is 0.0667. The second kappa shape index (κ2) is 7.20. The molecule has 0 aliphatic heterocycles. The second-order valence-electron chi connectivity index (χ2n) is 4.84. The minimum absolute atomic E-state index is 0.0728. The molecule has 0 bridgehead atoms. The van der Waals surface area contributed by atoms with Crippen LogP contribution in [0.1, 0.15) is 5.56 Å². The lowest BCUT2D eigenvalue weighted by atomic mass is 10.1. The van der Waals surface area contributed by atoms with Crippen molar-refractivity contribution in [2.75, 3.05) is 16.4 Å². The Morgan fingerprint density at radius 2 is 1.48 bits per heavy atom. The molecule has 0 aliphatic carbocycles. The van der Waals surface area contributed by atoms with Gasteiger partial charge in [0, 0.05) is 10.7 Å². The van der Waals surface area contributed by atoms with Crippen LogP contribution in [0.4, 0.5) is 30.2 Å². The monoisotopic (exact) mass is 391 g/mol. The third-order valence-electron chi connectivity index (χ3n) is 2.98. The van der Waals surface area contributed by atoms with E-state index in [2.05, 4.69) is 5.32 Å². The van der Waals surface area contributed by atoms with Crippen LogP contribution in [-0.2, 0) is 15.8 Å². The van der Waals surface area contributed by atoms with Crippen LogP contribution in [0.2, 0.25) is 10.0 Å². The molecule has 4 N–H and O–H groups in total. The van der Waals surface area contributed by atoms with Crippen molar-refractivity contribution < 1.29 is 22.8 Å². The highest BCUT2D eigenvalue weighted by atomic mass is 35.5. The fourth-order valence-corrected chi connectivity index (χ4v) is 2.26. The van der Waals surface area contributed by atoms with Crippen LogP contribution in [0.25, 0.3) is 0 Å². The molecule has 0 aliphatic rings. The number of hydrogen-bond donors (Lipinski definition) is 3. The predicted molar refractivity (Wildman–Crippen MR) is 89.6 cm³/mol. The number of nitrogens with one attached hydrogen (secondary N) is 2. The van der Waals surface area contributed by atoms with Crippen molar-refractivity contribution in [2.24, 2.45) is 0 Å². The summed E-state index contributed by atoms with van der Waals surface area (Å²) in [5.41, 5.74) is 4.15. The van der Waals surface area contributed by atoms with Crippen LogP contribution >= 0.6 is 23.2 Å². The zero-order chi connectivity index (χ0) is 18.8. The number of anilines is 3. The predicted octanol–water partition coefficient (Wildman–Crippen LogP) is 4.17. The summed E-state index contributed by atoms with van der Waals surface area (Å²) < 4.78 is 38.9. The van der Waals surface area contributed by atoms with Gasteiger partial charge in [-0.25, -0.2) is 0 Å². The van der Waals surface area contributed by atoms with Crippen molar-refractivity contribution in [3.8, 4) is 0 Å². The van der Waals surface area contributed by atoms with Gasteiger partial charge < -0.3 is 16.4 Å². The molecule has 10 heteroatoms. The molecular formula is C15H10Cl2F3N3O2. The van der Waals surface area contributed by atoms with E-state index in [1.807, 2.05) is 5.32 Å². The van der Waals surface area contributed by atoms with Gasteiger partial charge in [0.1, 0.15) is 0 Å². The van der Waals surface area contributed by atoms with Crippen LogP contribution in [0.5, 0.6) is 0 Å². The standard InChI is InChI=1S/C15H10Cl2F3N3O2/c16-7-1-3-11(9(5-7)15(18,19)20)22-13(24)14(25)23-12-4-2-8(21)6-10(12)17/h1-6H,21H2,(H,22,24)(H,23,25). The Hall–Kier alpha value is -2.45. The largest absolute Gasteiger partial charge is 0.418 e. The van der Waals surface area contributed by atoms with Gasteiger partial charge in [0.2, 0.25) is 0 Å². The molecule has 0 heterocycles. The summed E-state index contributed by atoms with van der Waals surface area (Å²) >= 11 is 11.4. The van der Waals surface area contributed by atoms with Gasteiger partial charge in [-0.1, -0.05) is 23.2 Å². The van der Waals surface area contributed by atoms with E-state index in [-0.39, 0.29) is 15.7 Å². The van der Waals surface area contributed by atoms with E-state index in [4.69, 9.17) is 28.9 Å². The lowest BCUT2D eigenvalue weighted by Crippen LogP contribution is -2.30. The highest BCUT2D eigenvalue weighted by Crippen LogP contribution is 2.36. The number of carbonyl (C=O) groups is 2. The van der Waals surface area contributed by atoms with Crippen LogP contribution in [0, 0.1) is 0 Å². The quantitative estimate of drug-likeness (QED) is 0.530. The molecule has 0 fully saturated rings. The molecule has 25 heavy (non-hydrogen) atoms. The third kappa shape index (κ3) is 4.77. The van der Waals surface area contributed by atoms with Crippen LogP contribution in [0.15, 0.2) is 36.4 Å². The average molecular weight is 392 g/mol. The molecule has 2 amide bonds. The number of hydrogen-bond acceptors (Lipinski definition) is 3. The van der Waals surface area contributed by atoms with Crippen LogP contribution in [-0.4, -0.2) is 11.8 Å². The van der Waals surface area contributed by atoms with E-state index >= 15 is 0 Å². The molecule has 0 unspecified atom stereocenters. The van der Waals surface area contributed by atoms with Crippen molar-refractivity contribution >= 4 is 52.1 Å². The number of nitrogen functional groups attached to an aromatic ring is 1. The first-order chi connectivity index (χ1) is 11.6. The molecule has 0 radical (unpaired) electrons. The van der Waals surface area contributed by atoms with Gasteiger partial charge in [-0.05, 0) is 36.4 Å². The smallest absolute Gasteiger partial charge is 0.399 e. The van der Waals surface area contributed by atoms with Gasteiger partial charge in [0.15, 0.2) is 0 Å². The summed E-state index contributed by atoms with van der Waals surface area (Å²) in [5, 5.41) is 3.99. The molecule has 0 saturated carbocycles. The number of alkyl halides is 3. The van der Waals surface area contributed by atoms with Gasteiger partial charge in [-0.2, -0.15) is 13.2 Å². The molecule has 132 valence electrons. The number of carbonyl (C=O) groups excluding carboxylic acids is 2. The second-order valence-corrected chi connectivity index (χ2v) is 5.68. The Bertz CT molecular complexity index is 841. The first-order valence-corrected chi connectivity index (χ1v) is 7.37. The Kier molecular flexibility index (Phi) is 5.44. The van der Waals surface area contributed by atoms with E-state index < -0.39 is 29.2 Å². The molecule has 0 saturated heterocycles. The number of benzene rings is 2. The molecule has 0 atom stereocenters. The lowest BCUT2D eigenvalue weighted by Gasteiger charge is -2.14. The van der Waals surface area contributed by atoms with Gasteiger partial charge in [0.25, 0.3) is 0 Å². The summed E-state index contributed by atoms with van der Waals surface area (Å²) in [4.78, 5) is 23.7. The van der Waals surface area contributed by atoms with Crippen LogP contribution < -0.4 is 16.4 Å². The van der Waals surface area contributed by atoms with E-state index in [9.17, 15) is 22.8 Å². The van der Waals surface area contributed by atoms with Gasteiger partial charge in [0.05, 0.1) is 22.0 Å². The molecule has 5 nitrogen and oxygen atoms in total. The summed E-state index contributed by atoms with van der Waals surface area (Å²) in [6, 6.07) is 6.88. The summed E-state index contributed by atoms with van der Waals surface area (Å²) in [5.74, 6) is -2.50. The van der Waals surface area contributed by atoms with Gasteiger partial charge >= 0.3 is 18.0 Å². The molecule has 2 aromatic carbocycles. The van der Waals surface area contributed by atoms with Crippen molar-refractivity contribution in [1.82, 2.24) is 0 Å². The number of rotatable bonds is 2. The Labute approximate surface area is 149 Å². The molecule has 2 aromatic rings. The Morgan fingerprint density at radius 3 is 2.04 bits per heavy atom. The first-order valence-electron chi connectivity index (χ1n) is 6.62. The van der Waals surface area contributed by atoms with Crippen LogP contribution in [0.3, 0.4) is 0 Å². The molecule has 0 spiro atoms. The van der Waals surface area contributed by atoms with Crippen molar-refractivity contribution in [3.63, 3.8) is 0 Å². The minimum Gasteiger partial charge on any atom is -0.399 e. The highest BCUT2D eigenvalue weighted by Gasteiger charge is 2.34. The van der Waals surface area contributed by atoms with Crippen molar-refractivity contribution in [3.05, 3.63) is 52.0 Å². The normalized spacial score (nSPS) is 11.1. The summed E-state index contributed by atoms with van der Waals surface area (Å²) in [6.07, 6.45) is -4.76. The summed E-state index contributed by atoms with van der Waals surface area (Å²) in [6.45, 7) is 0. The molecule has 2 rings (SSSR count). The minimum atomic E-state index is -4.76. The lowest BCUT2D eigenvalue weighted by molar-refractivity contribution is -0.137. The maximum Gasteiger partial charge on any atom is 0.418 e. The SMILES string of the molecule is Nc1ccc(NC(=O)C(=O)Nc2ccc(Cl)cc2C(F)(F)F)c(Cl)c1. The number of amides is 2. The number of nitrogens with two attached hydrogens (primary N) is 1.